The van der Waals surface area contributed by atoms with Crippen molar-refractivity contribution in [3.05, 3.63) is 63.7 Å². The van der Waals surface area contributed by atoms with Crippen LogP contribution in [0.1, 0.15) is 30.3 Å². The van der Waals surface area contributed by atoms with Crippen LogP contribution in [0.5, 0.6) is 11.5 Å². The van der Waals surface area contributed by atoms with E-state index in [9.17, 15) is 4.79 Å². The molecule has 8 heteroatoms. The van der Waals surface area contributed by atoms with Crippen LogP contribution in [0, 0.1) is 0 Å². The fourth-order valence-corrected chi connectivity index (χ4v) is 5.29. The van der Waals surface area contributed by atoms with Gasteiger partial charge in [-0.25, -0.2) is 4.98 Å². The van der Waals surface area contributed by atoms with Gasteiger partial charge in [-0.05, 0) is 49.7 Å². The van der Waals surface area contributed by atoms with Gasteiger partial charge in [-0.15, -0.1) is 11.3 Å². The molecule has 0 saturated carbocycles. The number of thiophene rings is 1. The number of hydrogen-bond acceptors (Lipinski definition) is 7. The second kappa shape index (κ2) is 8.20. The zero-order chi connectivity index (χ0) is 21.4. The Kier molecular flexibility index (Phi) is 5.25. The molecule has 31 heavy (non-hydrogen) atoms. The number of aromatic amines is 1. The van der Waals surface area contributed by atoms with E-state index in [1.54, 1.807) is 20.5 Å². The number of methoxy groups -OCH3 is 2. The molecule has 1 saturated heterocycles. The average molecular weight is 438 g/mol. The van der Waals surface area contributed by atoms with Crippen molar-refractivity contribution in [3.63, 3.8) is 0 Å². The van der Waals surface area contributed by atoms with Crippen LogP contribution in [-0.2, 0) is 6.54 Å². The molecule has 1 fully saturated rings. The highest BCUT2D eigenvalue weighted by molar-refractivity contribution is 7.17. The third-order valence-electron chi connectivity index (χ3n) is 5.79. The van der Waals surface area contributed by atoms with E-state index in [2.05, 4.69) is 9.88 Å². The molecular formula is C23H23N3O4S. The van der Waals surface area contributed by atoms with Gasteiger partial charge in [0.2, 0.25) is 0 Å². The number of aromatic nitrogens is 2. The fourth-order valence-electron chi connectivity index (χ4n) is 4.34. The van der Waals surface area contributed by atoms with Crippen LogP contribution in [0.15, 0.2) is 51.2 Å². The Bertz CT molecular complexity index is 1260. The third kappa shape index (κ3) is 3.62. The third-order valence-corrected chi connectivity index (χ3v) is 6.66. The molecule has 0 radical (unpaired) electrons. The average Bonchev–Trinajstić information content (AvgIpc) is 3.53. The first-order valence-electron chi connectivity index (χ1n) is 10.2. The van der Waals surface area contributed by atoms with E-state index in [-0.39, 0.29) is 11.6 Å². The van der Waals surface area contributed by atoms with Crippen molar-refractivity contribution in [2.45, 2.75) is 25.4 Å². The van der Waals surface area contributed by atoms with Crippen molar-refractivity contribution < 1.29 is 13.9 Å². The molecule has 3 aromatic heterocycles. The minimum absolute atomic E-state index is 0.137. The Morgan fingerprint density at radius 1 is 1.29 bits per heavy atom. The van der Waals surface area contributed by atoms with E-state index in [4.69, 9.17) is 18.9 Å². The molecule has 1 atom stereocenters. The van der Waals surface area contributed by atoms with Gasteiger partial charge in [0.15, 0.2) is 0 Å². The molecule has 0 spiro atoms. The molecule has 1 unspecified atom stereocenters. The Morgan fingerprint density at radius 3 is 2.97 bits per heavy atom. The summed E-state index contributed by atoms with van der Waals surface area (Å²) in [4.78, 5) is 23.7. The summed E-state index contributed by atoms with van der Waals surface area (Å²) in [6.45, 7) is 1.49. The monoisotopic (exact) mass is 437 g/mol. The smallest absolute Gasteiger partial charge is 0.260 e. The normalized spacial score (nSPS) is 16.8. The summed E-state index contributed by atoms with van der Waals surface area (Å²) in [7, 11) is 3.35. The van der Waals surface area contributed by atoms with Crippen LogP contribution >= 0.6 is 11.3 Å². The number of H-pyrrole nitrogens is 1. The topological polar surface area (TPSA) is 80.6 Å². The largest absolute Gasteiger partial charge is 0.497 e. The minimum Gasteiger partial charge on any atom is -0.497 e. The van der Waals surface area contributed by atoms with E-state index in [1.807, 2.05) is 35.7 Å². The predicted octanol–water partition coefficient (Wildman–Crippen LogP) is 4.60. The molecule has 1 aliphatic heterocycles. The SMILES string of the molecule is COc1ccc(OC)c(C2CCCN2Cc2nc3scc(-c4ccco4)c3c(=O)[nH]2)c1. The van der Waals surface area contributed by atoms with Crippen molar-refractivity contribution in [3.8, 4) is 22.8 Å². The lowest BCUT2D eigenvalue weighted by Crippen LogP contribution is -2.26. The molecule has 0 aliphatic carbocycles. The summed E-state index contributed by atoms with van der Waals surface area (Å²) < 4.78 is 16.5. The standard InChI is InChI=1S/C23H23N3O4S/c1-28-14-7-8-18(29-2)15(11-14)17-5-3-9-26(17)12-20-24-22(27)21-16(13-31-23(21)25-20)19-6-4-10-30-19/h4,6-8,10-11,13,17H,3,5,9,12H2,1-2H3,(H,24,25,27). The van der Waals surface area contributed by atoms with Crippen molar-refractivity contribution in [2.75, 3.05) is 20.8 Å². The van der Waals surface area contributed by atoms with Crippen LogP contribution in [0.3, 0.4) is 0 Å². The van der Waals surface area contributed by atoms with Crippen LogP contribution in [0.4, 0.5) is 0 Å². The maximum atomic E-state index is 12.9. The highest BCUT2D eigenvalue weighted by Gasteiger charge is 2.29. The van der Waals surface area contributed by atoms with Crippen LogP contribution in [0.25, 0.3) is 21.5 Å². The Balaban J connectivity index is 1.46. The molecule has 1 N–H and O–H groups in total. The first-order chi connectivity index (χ1) is 15.2. The first-order valence-corrected chi connectivity index (χ1v) is 11.1. The number of furan rings is 1. The van der Waals surface area contributed by atoms with Gasteiger partial charge in [-0.2, -0.15) is 0 Å². The van der Waals surface area contributed by atoms with Gasteiger partial charge >= 0.3 is 0 Å². The minimum atomic E-state index is -0.137. The van der Waals surface area contributed by atoms with E-state index in [1.165, 1.54) is 11.3 Å². The number of hydrogen-bond donors (Lipinski definition) is 1. The first kappa shape index (κ1) is 19.8. The zero-order valence-electron chi connectivity index (χ0n) is 17.4. The highest BCUT2D eigenvalue weighted by Crippen LogP contribution is 2.39. The molecule has 7 nitrogen and oxygen atoms in total. The molecule has 4 aromatic rings. The van der Waals surface area contributed by atoms with Gasteiger partial charge in [0, 0.05) is 22.5 Å². The number of nitrogens with one attached hydrogen (secondary N) is 1. The molecule has 4 heterocycles. The zero-order valence-corrected chi connectivity index (χ0v) is 18.2. The Morgan fingerprint density at radius 2 is 2.19 bits per heavy atom. The van der Waals surface area contributed by atoms with Crippen LogP contribution in [0.2, 0.25) is 0 Å². The summed E-state index contributed by atoms with van der Waals surface area (Å²) in [6, 6.07) is 9.73. The summed E-state index contributed by atoms with van der Waals surface area (Å²) in [5, 5.41) is 2.51. The van der Waals surface area contributed by atoms with Crippen molar-refractivity contribution in [2.24, 2.45) is 0 Å². The number of benzene rings is 1. The van der Waals surface area contributed by atoms with E-state index in [0.717, 1.165) is 46.8 Å². The lowest BCUT2D eigenvalue weighted by molar-refractivity contribution is 0.236. The van der Waals surface area contributed by atoms with E-state index in [0.29, 0.717) is 23.5 Å². The lowest BCUT2D eigenvalue weighted by Gasteiger charge is -2.26. The molecular weight excluding hydrogens is 414 g/mol. The number of rotatable bonds is 6. The number of fused-ring (bicyclic) bond motifs is 1. The number of likely N-dealkylation sites (tertiary alicyclic amines) is 1. The molecule has 0 bridgehead atoms. The summed E-state index contributed by atoms with van der Waals surface area (Å²) >= 11 is 1.46. The van der Waals surface area contributed by atoms with Gasteiger partial charge in [0.1, 0.15) is 27.9 Å². The molecule has 5 rings (SSSR count). The van der Waals surface area contributed by atoms with Crippen molar-refractivity contribution in [1.82, 2.24) is 14.9 Å². The molecule has 0 amide bonds. The maximum absolute atomic E-state index is 12.9. The Hall–Kier alpha value is -3.10. The van der Waals surface area contributed by atoms with Crippen molar-refractivity contribution >= 4 is 21.6 Å². The Labute approximate surface area is 183 Å². The lowest BCUT2D eigenvalue weighted by atomic mass is 10.0. The van der Waals surface area contributed by atoms with E-state index >= 15 is 0 Å². The summed E-state index contributed by atoms with van der Waals surface area (Å²) in [5.74, 6) is 2.99. The van der Waals surface area contributed by atoms with Gasteiger partial charge in [0.05, 0.1) is 32.4 Å². The second-order valence-corrected chi connectivity index (χ2v) is 8.41. The van der Waals surface area contributed by atoms with Crippen molar-refractivity contribution in [1.29, 1.82) is 0 Å². The fraction of sp³-hybridized carbons (Fsp3) is 0.304. The molecule has 1 aliphatic rings. The van der Waals surface area contributed by atoms with Gasteiger partial charge in [0.25, 0.3) is 5.56 Å². The number of nitrogens with zero attached hydrogens (tertiary/aromatic N) is 2. The second-order valence-electron chi connectivity index (χ2n) is 7.56. The van der Waals surface area contributed by atoms with Crippen LogP contribution < -0.4 is 15.0 Å². The quantitative estimate of drug-likeness (QED) is 0.475. The highest BCUT2D eigenvalue weighted by atomic mass is 32.1. The number of ether oxygens (including phenoxy) is 2. The van der Waals surface area contributed by atoms with E-state index < -0.39 is 0 Å². The van der Waals surface area contributed by atoms with Gasteiger partial charge in [-0.3, -0.25) is 9.69 Å². The maximum Gasteiger partial charge on any atom is 0.260 e. The van der Waals surface area contributed by atoms with Gasteiger partial charge < -0.3 is 18.9 Å². The predicted molar refractivity (Wildman–Crippen MR) is 120 cm³/mol. The van der Waals surface area contributed by atoms with Crippen LogP contribution in [-0.4, -0.2) is 35.6 Å². The summed E-state index contributed by atoms with van der Waals surface area (Å²) in [6.07, 6.45) is 3.69. The molecule has 1 aromatic carbocycles. The van der Waals surface area contributed by atoms with Gasteiger partial charge in [-0.1, -0.05) is 0 Å². The summed E-state index contributed by atoms with van der Waals surface area (Å²) in [5.41, 5.74) is 1.74. The molecule has 160 valence electrons.